The summed E-state index contributed by atoms with van der Waals surface area (Å²) < 4.78 is 1.80. The Morgan fingerprint density at radius 3 is 2.80 bits per heavy atom. The van der Waals surface area contributed by atoms with Crippen molar-refractivity contribution in [2.45, 2.75) is 26.8 Å². The third-order valence-electron chi connectivity index (χ3n) is 2.14. The second-order valence-corrected chi connectivity index (χ2v) is 3.35. The molecule has 1 heterocycles. The number of ketones is 1. The molecule has 82 valence electrons. The zero-order valence-electron chi connectivity index (χ0n) is 9.12. The molecule has 0 spiro atoms. The molecule has 4 nitrogen and oxygen atoms in total. The number of carbonyl (C=O) groups excluding carboxylic acids is 2. The predicted octanol–water partition coefficient (Wildman–Crippen LogP) is 1.22. The molecule has 0 aliphatic rings. The Bertz CT molecular complexity index is 355. The highest BCUT2D eigenvalue weighted by Crippen LogP contribution is 2.04. The van der Waals surface area contributed by atoms with Crippen molar-refractivity contribution in [1.29, 1.82) is 0 Å². The van der Waals surface area contributed by atoms with Crippen LogP contribution in [0.3, 0.4) is 0 Å². The molecule has 4 heteroatoms. The molecular weight excluding hydrogens is 192 g/mol. The summed E-state index contributed by atoms with van der Waals surface area (Å²) in [6.07, 6.45) is 2.22. The van der Waals surface area contributed by atoms with Crippen LogP contribution in [-0.2, 0) is 11.3 Å². The van der Waals surface area contributed by atoms with Crippen molar-refractivity contribution in [3.8, 4) is 0 Å². The molecule has 0 aliphatic carbocycles. The van der Waals surface area contributed by atoms with Gasteiger partial charge in [0.25, 0.3) is 0 Å². The first-order valence-electron chi connectivity index (χ1n) is 5.08. The summed E-state index contributed by atoms with van der Waals surface area (Å²) in [5, 5.41) is 2.72. The van der Waals surface area contributed by atoms with Gasteiger partial charge in [0.1, 0.15) is 0 Å². The average Bonchev–Trinajstić information content (AvgIpc) is 2.63. The Morgan fingerprint density at radius 2 is 2.20 bits per heavy atom. The lowest BCUT2D eigenvalue weighted by atomic mass is 10.3. The van der Waals surface area contributed by atoms with E-state index in [2.05, 4.69) is 5.32 Å². The highest BCUT2D eigenvalue weighted by Gasteiger charge is 2.06. The number of Topliss-reactive ketones (excluding diaryl/α,β-unsaturated/α-hetero) is 1. The largest absolute Gasteiger partial charge is 0.356 e. The first-order valence-corrected chi connectivity index (χ1v) is 5.08. The number of aryl methyl sites for hydroxylation is 1. The standard InChI is InChI=1S/C11H16N2O2/c1-3-12-11(15)6-8-13-7-4-5-10(13)9(2)14/h4-5,7H,3,6,8H2,1-2H3,(H,12,15). The van der Waals surface area contributed by atoms with E-state index >= 15 is 0 Å². The molecule has 1 N–H and O–H groups in total. The van der Waals surface area contributed by atoms with E-state index in [1.54, 1.807) is 10.6 Å². The molecule has 1 aromatic rings. The van der Waals surface area contributed by atoms with Gasteiger partial charge in [-0.25, -0.2) is 0 Å². The summed E-state index contributed by atoms with van der Waals surface area (Å²) in [6.45, 7) is 4.60. The molecule has 15 heavy (non-hydrogen) atoms. The van der Waals surface area contributed by atoms with Gasteiger partial charge in [0.05, 0.1) is 5.69 Å². The lowest BCUT2D eigenvalue weighted by molar-refractivity contribution is -0.121. The average molecular weight is 208 g/mol. The number of amides is 1. The molecule has 0 radical (unpaired) electrons. The van der Waals surface area contributed by atoms with Gasteiger partial charge in [-0.2, -0.15) is 0 Å². The Balaban J connectivity index is 2.54. The smallest absolute Gasteiger partial charge is 0.221 e. The number of hydrogen-bond acceptors (Lipinski definition) is 2. The summed E-state index contributed by atoms with van der Waals surface area (Å²) in [6, 6.07) is 3.58. The SMILES string of the molecule is CCNC(=O)CCn1cccc1C(C)=O. The zero-order chi connectivity index (χ0) is 11.3. The maximum Gasteiger partial charge on any atom is 0.221 e. The van der Waals surface area contributed by atoms with E-state index in [1.165, 1.54) is 6.92 Å². The number of nitrogens with zero attached hydrogens (tertiary/aromatic N) is 1. The molecule has 1 amide bonds. The molecule has 1 aromatic heterocycles. The van der Waals surface area contributed by atoms with Crippen LogP contribution < -0.4 is 5.32 Å². The van der Waals surface area contributed by atoms with Gasteiger partial charge in [-0.1, -0.05) is 0 Å². The fraction of sp³-hybridized carbons (Fsp3) is 0.455. The molecule has 1 rings (SSSR count). The highest BCUT2D eigenvalue weighted by molar-refractivity contribution is 5.92. The molecular formula is C11H16N2O2. The van der Waals surface area contributed by atoms with Crippen molar-refractivity contribution in [1.82, 2.24) is 9.88 Å². The minimum absolute atomic E-state index is 0.0145. The highest BCUT2D eigenvalue weighted by atomic mass is 16.1. The van der Waals surface area contributed by atoms with Crippen LogP contribution in [0.15, 0.2) is 18.3 Å². The van der Waals surface area contributed by atoms with Gasteiger partial charge in [-0.15, -0.1) is 0 Å². The Labute approximate surface area is 89.3 Å². The van der Waals surface area contributed by atoms with Crippen molar-refractivity contribution in [2.24, 2.45) is 0 Å². The Hall–Kier alpha value is -1.58. The fourth-order valence-electron chi connectivity index (χ4n) is 1.44. The Kier molecular flexibility index (Phi) is 4.09. The van der Waals surface area contributed by atoms with E-state index in [0.29, 0.717) is 25.2 Å². The van der Waals surface area contributed by atoms with E-state index in [0.717, 1.165) is 0 Å². The van der Waals surface area contributed by atoms with Crippen molar-refractivity contribution in [3.05, 3.63) is 24.0 Å². The number of nitrogens with one attached hydrogen (secondary N) is 1. The van der Waals surface area contributed by atoms with Gasteiger partial charge < -0.3 is 9.88 Å². The summed E-state index contributed by atoms with van der Waals surface area (Å²) in [5.74, 6) is 0.0385. The van der Waals surface area contributed by atoms with Crippen LogP contribution in [0.2, 0.25) is 0 Å². The van der Waals surface area contributed by atoms with E-state index in [4.69, 9.17) is 0 Å². The normalized spacial score (nSPS) is 10.0. The van der Waals surface area contributed by atoms with Crippen LogP contribution in [-0.4, -0.2) is 22.8 Å². The summed E-state index contributed by atoms with van der Waals surface area (Å²) >= 11 is 0. The van der Waals surface area contributed by atoms with Crippen LogP contribution in [0.1, 0.15) is 30.8 Å². The van der Waals surface area contributed by atoms with Gasteiger partial charge >= 0.3 is 0 Å². The molecule has 0 aliphatic heterocycles. The molecule has 0 saturated heterocycles. The maximum atomic E-state index is 11.2. The molecule has 0 unspecified atom stereocenters. The van der Waals surface area contributed by atoms with Gasteiger partial charge in [-0.3, -0.25) is 9.59 Å². The van der Waals surface area contributed by atoms with Gasteiger partial charge in [0.15, 0.2) is 5.78 Å². The molecule has 0 saturated carbocycles. The third kappa shape index (κ3) is 3.23. The number of hydrogen-bond donors (Lipinski definition) is 1. The second-order valence-electron chi connectivity index (χ2n) is 3.35. The van der Waals surface area contributed by atoms with Crippen molar-refractivity contribution in [3.63, 3.8) is 0 Å². The van der Waals surface area contributed by atoms with Gasteiger partial charge in [-0.05, 0) is 19.1 Å². The number of carbonyl (C=O) groups is 2. The first kappa shape index (κ1) is 11.5. The van der Waals surface area contributed by atoms with Crippen LogP contribution in [0.5, 0.6) is 0 Å². The van der Waals surface area contributed by atoms with Crippen LogP contribution >= 0.6 is 0 Å². The lowest BCUT2D eigenvalue weighted by Gasteiger charge is -2.06. The van der Waals surface area contributed by atoms with Gasteiger partial charge in [0.2, 0.25) is 5.91 Å². The summed E-state index contributed by atoms with van der Waals surface area (Å²) in [5.41, 5.74) is 0.652. The lowest BCUT2D eigenvalue weighted by Crippen LogP contribution is -2.24. The van der Waals surface area contributed by atoms with Crippen LogP contribution in [0.25, 0.3) is 0 Å². The van der Waals surface area contributed by atoms with E-state index < -0.39 is 0 Å². The minimum Gasteiger partial charge on any atom is -0.356 e. The quantitative estimate of drug-likeness (QED) is 0.739. The molecule has 0 aromatic carbocycles. The second kappa shape index (κ2) is 5.34. The molecule has 0 bridgehead atoms. The summed E-state index contributed by atoms with van der Waals surface area (Å²) in [4.78, 5) is 22.4. The minimum atomic E-state index is 0.0145. The maximum absolute atomic E-state index is 11.2. The Morgan fingerprint density at radius 1 is 1.47 bits per heavy atom. The fourth-order valence-corrected chi connectivity index (χ4v) is 1.44. The van der Waals surface area contributed by atoms with Crippen molar-refractivity contribution >= 4 is 11.7 Å². The van der Waals surface area contributed by atoms with E-state index in [-0.39, 0.29) is 11.7 Å². The van der Waals surface area contributed by atoms with Crippen molar-refractivity contribution in [2.75, 3.05) is 6.54 Å². The van der Waals surface area contributed by atoms with Crippen molar-refractivity contribution < 1.29 is 9.59 Å². The number of rotatable bonds is 5. The van der Waals surface area contributed by atoms with E-state index in [1.807, 2.05) is 19.2 Å². The molecule has 0 atom stereocenters. The first-order chi connectivity index (χ1) is 7.15. The van der Waals surface area contributed by atoms with Gasteiger partial charge in [0, 0.05) is 32.6 Å². The number of aromatic nitrogens is 1. The predicted molar refractivity (Wildman–Crippen MR) is 57.7 cm³/mol. The molecule has 0 fully saturated rings. The summed E-state index contributed by atoms with van der Waals surface area (Å²) in [7, 11) is 0. The third-order valence-corrected chi connectivity index (χ3v) is 2.14. The topological polar surface area (TPSA) is 51.1 Å². The monoisotopic (exact) mass is 208 g/mol. The zero-order valence-corrected chi connectivity index (χ0v) is 9.12. The van der Waals surface area contributed by atoms with Crippen LogP contribution in [0, 0.1) is 0 Å². The van der Waals surface area contributed by atoms with Crippen LogP contribution in [0.4, 0.5) is 0 Å². The van der Waals surface area contributed by atoms with E-state index in [9.17, 15) is 9.59 Å².